The Labute approximate surface area is 145 Å². The number of carboxylic acids is 1. The number of nitrogens with zero attached hydrogens (tertiary/aromatic N) is 5. The minimum Gasteiger partial charge on any atom is -0.481 e. The zero-order valence-corrected chi connectivity index (χ0v) is 14.3. The Morgan fingerprint density at radius 2 is 2.20 bits per heavy atom. The fourth-order valence-corrected chi connectivity index (χ4v) is 3.43. The van der Waals surface area contributed by atoms with Gasteiger partial charge in [0.25, 0.3) is 5.91 Å². The number of nitrogens with one attached hydrogen (secondary N) is 1. The van der Waals surface area contributed by atoms with Gasteiger partial charge in [-0.15, -0.1) is 0 Å². The van der Waals surface area contributed by atoms with Crippen molar-refractivity contribution in [2.24, 2.45) is 5.92 Å². The number of carbonyl (C=O) groups is 2. The summed E-state index contributed by atoms with van der Waals surface area (Å²) in [6, 6.07) is 0. The first-order chi connectivity index (χ1) is 12.0. The highest BCUT2D eigenvalue weighted by Gasteiger charge is 2.39. The average Bonchev–Trinajstić information content (AvgIpc) is 3.26. The third kappa shape index (κ3) is 3.54. The van der Waals surface area contributed by atoms with Crippen LogP contribution in [-0.2, 0) is 11.3 Å². The maximum Gasteiger partial charge on any atom is 0.303 e. The van der Waals surface area contributed by atoms with Crippen molar-refractivity contribution in [1.29, 1.82) is 0 Å². The van der Waals surface area contributed by atoms with Gasteiger partial charge in [0.2, 0.25) is 0 Å². The van der Waals surface area contributed by atoms with Gasteiger partial charge in [-0.25, -0.2) is 0 Å². The maximum absolute atomic E-state index is 12.9. The molecule has 2 N–H and O–H groups in total. The van der Waals surface area contributed by atoms with Gasteiger partial charge in [0, 0.05) is 31.7 Å². The number of H-pyrrole nitrogens is 1. The van der Waals surface area contributed by atoms with E-state index in [-0.39, 0.29) is 24.2 Å². The van der Waals surface area contributed by atoms with Gasteiger partial charge in [0.15, 0.2) is 0 Å². The van der Waals surface area contributed by atoms with E-state index in [0.717, 1.165) is 13.0 Å². The number of carboxylic acid groups (broad SMARTS) is 1. The van der Waals surface area contributed by atoms with Gasteiger partial charge in [0.05, 0.1) is 29.6 Å². The van der Waals surface area contributed by atoms with Crippen LogP contribution in [0.2, 0.25) is 0 Å². The fraction of sp³-hybridized carbons (Fsp3) is 0.562. The summed E-state index contributed by atoms with van der Waals surface area (Å²) in [4.78, 5) is 25.8. The molecule has 2 aromatic heterocycles. The van der Waals surface area contributed by atoms with Crippen LogP contribution < -0.4 is 0 Å². The summed E-state index contributed by atoms with van der Waals surface area (Å²) in [6.07, 6.45) is 4.30. The fourth-order valence-electron chi connectivity index (χ4n) is 3.43. The summed E-state index contributed by atoms with van der Waals surface area (Å²) in [5.74, 6) is -1.30. The standard InChI is InChI=1S/C16H22N6O3/c1-3-4-22-9-12(10(2)19-22)16(25)21-7-11(5-15(23)24)13(8-21)14-6-17-20-18-14/h6,9,11,13H,3-5,7-8H2,1-2H3,(H,23,24)(H,17,18,20)/t11-,13+/m1/s1. The van der Waals surface area contributed by atoms with Crippen molar-refractivity contribution in [1.82, 2.24) is 30.1 Å². The first-order valence-corrected chi connectivity index (χ1v) is 8.40. The highest BCUT2D eigenvalue weighted by molar-refractivity contribution is 5.95. The predicted molar refractivity (Wildman–Crippen MR) is 88.0 cm³/mol. The lowest BCUT2D eigenvalue weighted by molar-refractivity contribution is -0.138. The largest absolute Gasteiger partial charge is 0.481 e. The van der Waals surface area contributed by atoms with E-state index in [1.807, 2.05) is 6.92 Å². The smallest absolute Gasteiger partial charge is 0.303 e. The Balaban J connectivity index is 1.80. The van der Waals surface area contributed by atoms with Gasteiger partial charge in [-0.3, -0.25) is 14.3 Å². The summed E-state index contributed by atoms with van der Waals surface area (Å²) in [5, 5.41) is 24.0. The number of rotatable bonds is 6. The maximum atomic E-state index is 12.9. The molecule has 0 spiro atoms. The summed E-state index contributed by atoms with van der Waals surface area (Å²) in [6.45, 7) is 5.46. The molecule has 9 heteroatoms. The molecule has 1 aliphatic heterocycles. The molecule has 0 aromatic carbocycles. The van der Waals surface area contributed by atoms with Gasteiger partial charge in [-0.2, -0.15) is 20.5 Å². The number of aryl methyl sites for hydroxylation is 2. The molecule has 1 amide bonds. The molecule has 2 atom stereocenters. The van der Waals surface area contributed by atoms with Crippen LogP contribution in [0, 0.1) is 12.8 Å². The molecule has 3 heterocycles. The molecular weight excluding hydrogens is 324 g/mol. The van der Waals surface area contributed by atoms with Gasteiger partial charge in [-0.1, -0.05) is 6.92 Å². The van der Waals surface area contributed by atoms with Crippen molar-refractivity contribution in [3.8, 4) is 0 Å². The number of hydrogen-bond acceptors (Lipinski definition) is 5. The monoisotopic (exact) mass is 346 g/mol. The van der Waals surface area contributed by atoms with E-state index in [9.17, 15) is 14.7 Å². The van der Waals surface area contributed by atoms with Crippen molar-refractivity contribution in [2.75, 3.05) is 13.1 Å². The molecule has 25 heavy (non-hydrogen) atoms. The van der Waals surface area contributed by atoms with Crippen molar-refractivity contribution >= 4 is 11.9 Å². The second-order valence-corrected chi connectivity index (χ2v) is 6.46. The Morgan fingerprint density at radius 1 is 1.40 bits per heavy atom. The van der Waals surface area contributed by atoms with E-state index in [4.69, 9.17) is 0 Å². The van der Waals surface area contributed by atoms with Crippen molar-refractivity contribution < 1.29 is 14.7 Å². The molecule has 134 valence electrons. The van der Waals surface area contributed by atoms with E-state index in [1.165, 1.54) is 0 Å². The first-order valence-electron chi connectivity index (χ1n) is 8.40. The molecule has 0 saturated carbocycles. The zero-order chi connectivity index (χ0) is 18.0. The number of carbonyl (C=O) groups excluding carboxylic acids is 1. The topological polar surface area (TPSA) is 117 Å². The van der Waals surface area contributed by atoms with Crippen LogP contribution in [-0.4, -0.2) is 60.2 Å². The normalized spacial score (nSPS) is 20.2. The molecule has 1 fully saturated rings. The third-order valence-corrected chi connectivity index (χ3v) is 4.61. The second-order valence-electron chi connectivity index (χ2n) is 6.46. The summed E-state index contributed by atoms with van der Waals surface area (Å²) < 4.78 is 1.78. The van der Waals surface area contributed by atoms with Crippen molar-refractivity contribution in [3.63, 3.8) is 0 Å². The highest BCUT2D eigenvalue weighted by atomic mass is 16.4. The van der Waals surface area contributed by atoms with Crippen LogP contribution >= 0.6 is 0 Å². The highest BCUT2D eigenvalue weighted by Crippen LogP contribution is 2.34. The van der Waals surface area contributed by atoms with Gasteiger partial charge >= 0.3 is 5.97 Å². The summed E-state index contributed by atoms with van der Waals surface area (Å²) in [7, 11) is 0. The van der Waals surface area contributed by atoms with Crippen molar-refractivity contribution in [2.45, 2.75) is 39.2 Å². The number of aromatic nitrogens is 5. The lowest BCUT2D eigenvalue weighted by Gasteiger charge is -2.15. The van der Waals surface area contributed by atoms with Gasteiger partial charge < -0.3 is 10.0 Å². The van der Waals surface area contributed by atoms with Gasteiger partial charge in [0.1, 0.15) is 0 Å². The molecule has 9 nitrogen and oxygen atoms in total. The quantitative estimate of drug-likeness (QED) is 0.807. The molecular formula is C16H22N6O3. The Kier molecular flexibility index (Phi) is 4.82. The molecule has 0 unspecified atom stereocenters. The zero-order valence-electron chi connectivity index (χ0n) is 14.3. The summed E-state index contributed by atoms with van der Waals surface area (Å²) in [5.41, 5.74) is 1.96. The Morgan fingerprint density at radius 3 is 2.84 bits per heavy atom. The van der Waals surface area contributed by atoms with Crippen LogP contribution in [0.15, 0.2) is 12.4 Å². The van der Waals surface area contributed by atoms with E-state index in [0.29, 0.717) is 30.0 Å². The van der Waals surface area contributed by atoms with E-state index in [1.54, 1.807) is 22.0 Å². The van der Waals surface area contributed by atoms with Crippen LogP contribution in [0.1, 0.15) is 47.4 Å². The molecule has 0 radical (unpaired) electrons. The molecule has 1 aliphatic rings. The second kappa shape index (κ2) is 7.04. The van der Waals surface area contributed by atoms with E-state index in [2.05, 4.69) is 27.4 Å². The Hall–Kier alpha value is -2.71. The predicted octanol–water partition coefficient (Wildman–Crippen LogP) is 1.05. The van der Waals surface area contributed by atoms with Crippen LogP contribution in [0.4, 0.5) is 0 Å². The number of hydrogen-bond donors (Lipinski definition) is 2. The van der Waals surface area contributed by atoms with Gasteiger partial charge in [-0.05, 0) is 19.3 Å². The number of likely N-dealkylation sites (tertiary alicyclic amines) is 1. The molecule has 3 rings (SSSR count). The third-order valence-electron chi connectivity index (χ3n) is 4.61. The Bertz CT molecular complexity index is 754. The molecule has 0 aliphatic carbocycles. The van der Waals surface area contributed by atoms with Crippen LogP contribution in [0.25, 0.3) is 0 Å². The minimum atomic E-state index is -0.875. The lowest BCUT2D eigenvalue weighted by Crippen LogP contribution is -2.29. The average molecular weight is 346 g/mol. The van der Waals surface area contributed by atoms with Crippen LogP contribution in [0.5, 0.6) is 0 Å². The number of aliphatic carboxylic acids is 1. The minimum absolute atomic E-state index is 0.00458. The number of amides is 1. The molecule has 2 aromatic rings. The first kappa shape index (κ1) is 17.1. The van der Waals surface area contributed by atoms with Crippen LogP contribution in [0.3, 0.4) is 0 Å². The van der Waals surface area contributed by atoms with E-state index < -0.39 is 5.97 Å². The molecule has 1 saturated heterocycles. The molecule has 0 bridgehead atoms. The SMILES string of the molecule is CCCn1cc(C(=O)N2C[C@@H](CC(=O)O)[C@@H](c3cn[nH]n3)C2)c(C)n1. The van der Waals surface area contributed by atoms with E-state index >= 15 is 0 Å². The lowest BCUT2D eigenvalue weighted by atomic mass is 9.91. The van der Waals surface area contributed by atoms with Crippen molar-refractivity contribution in [3.05, 3.63) is 29.3 Å². The summed E-state index contributed by atoms with van der Waals surface area (Å²) >= 11 is 0. The number of aromatic amines is 1.